The van der Waals surface area contributed by atoms with Crippen LogP contribution in [0.15, 0.2) is 62.4 Å². The molecule has 3 aromatic rings. The third kappa shape index (κ3) is 3.97. The zero-order valence-corrected chi connectivity index (χ0v) is 16.1. The van der Waals surface area contributed by atoms with E-state index in [9.17, 15) is 8.42 Å². The predicted octanol–water partition coefficient (Wildman–Crippen LogP) is 3.63. The molecule has 6 nitrogen and oxygen atoms in total. The number of nitrogens with zero attached hydrogens (tertiary/aromatic N) is 3. The van der Waals surface area contributed by atoms with Gasteiger partial charge in [0.15, 0.2) is 0 Å². The highest BCUT2D eigenvalue weighted by atomic mass is 79.9. The number of halogens is 1. The van der Waals surface area contributed by atoms with Gasteiger partial charge in [-0.05, 0) is 31.2 Å². The molecule has 0 spiro atoms. The second kappa shape index (κ2) is 7.07. The molecule has 3 rings (SSSR count). The monoisotopic (exact) mass is 421 g/mol. The molecule has 1 aromatic heterocycles. The van der Waals surface area contributed by atoms with Gasteiger partial charge in [0.2, 0.25) is 21.7 Å². The van der Waals surface area contributed by atoms with E-state index in [0.717, 1.165) is 15.6 Å². The van der Waals surface area contributed by atoms with E-state index >= 15 is 0 Å². The molecule has 0 N–H and O–H groups in total. The van der Waals surface area contributed by atoms with Gasteiger partial charge < -0.3 is 4.52 Å². The van der Waals surface area contributed by atoms with E-state index in [-0.39, 0.29) is 17.3 Å². The van der Waals surface area contributed by atoms with Crippen molar-refractivity contribution in [3.8, 4) is 11.4 Å². The Morgan fingerprint density at radius 2 is 1.88 bits per heavy atom. The number of hydrogen-bond acceptors (Lipinski definition) is 5. The van der Waals surface area contributed by atoms with E-state index < -0.39 is 10.0 Å². The van der Waals surface area contributed by atoms with E-state index in [4.69, 9.17) is 4.52 Å². The molecule has 0 bridgehead atoms. The average molecular weight is 422 g/mol. The Balaban J connectivity index is 1.79. The molecule has 2 aromatic carbocycles. The summed E-state index contributed by atoms with van der Waals surface area (Å²) in [4.78, 5) is 4.51. The van der Waals surface area contributed by atoms with Gasteiger partial charge in [-0.2, -0.15) is 9.29 Å². The summed E-state index contributed by atoms with van der Waals surface area (Å²) in [5, 5.41) is 3.92. The Bertz CT molecular complexity index is 984. The highest BCUT2D eigenvalue weighted by molar-refractivity contribution is 9.10. The van der Waals surface area contributed by atoms with Crippen molar-refractivity contribution in [2.45, 2.75) is 18.4 Å². The fourth-order valence-corrected chi connectivity index (χ4v) is 3.75. The third-order valence-corrected chi connectivity index (χ3v) is 5.95. The molecule has 0 aliphatic carbocycles. The topological polar surface area (TPSA) is 76.3 Å². The first-order valence-corrected chi connectivity index (χ1v) is 9.71. The van der Waals surface area contributed by atoms with Crippen LogP contribution in [0.1, 0.15) is 11.5 Å². The molecule has 0 amide bonds. The number of sulfonamides is 1. The number of aryl methyl sites for hydroxylation is 1. The van der Waals surface area contributed by atoms with Gasteiger partial charge >= 0.3 is 0 Å². The molecular weight excluding hydrogens is 406 g/mol. The SMILES string of the molecule is Cc1ccc(S(=O)(=O)N(C)Cc2nc(-c3cccc(Br)c3)no2)cc1. The van der Waals surface area contributed by atoms with Crippen LogP contribution in [-0.4, -0.2) is 29.9 Å². The minimum atomic E-state index is -3.62. The summed E-state index contributed by atoms with van der Waals surface area (Å²) >= 11 is 3.39. The van der Waals surface area contributed by atoms with Crippen LogP contribution in [0.4, 0.5) is 0 Å². The molecule has 0 saturated heterocycles. The number of benzene rings is 2. The highest BCUT2D eigenvalue weighted by Crippen LogP contribution is 2.22. The summed E-state index contributed by atoms with van der Waals surface area (Å²) in [7, 11) is -2.13. The van der Waals surface area contributed by atoms with Crippen LogP contribution < -0.4 is 0 Å². The average Bonchev–Trinajstić information content (AvgIpc) is 3.04. The van der Waals surface area contributed by atoms with Crippen LogP contribution in [0.2, 0.25) is 0 Å². The van der Waals surface area contributed by atoms with Crippen molar-refractivity contribution < 1.29 is 12.9 Å². The maximum Gasteiger partial charge on any atom is 0.243 e. The molecule has 0 unspecified atom stereocenters. The van der Waals surface area contributed by atoms with Crippen molar-refractivity contribution >= 4 is 26.0 Å². The summed E-state index contributed by atoms with van der Waals surface area (Å²) in [6.07, 6.45) is 0. The van der Waals surface area contributed by atoms with Gasteiger partial charge in [-0.1, -0.05) is 50.9 Å². The molecule has 0 radical (unpaired) electrons. The first-order chi connectivity index (χ1) is 11.9. The quantitative estimate of drug-likeness (QED) is 0.628. The van der Waals surface area contributed by atoms with E-state index in [1.807, 2.05) is 31.2 Å². The van der Waals surface area contributed by atoms with Crippen molar-refractivity contribution in [2.24, 2.45) is 0 Å². The highest BCUT2D eigenvalue weighted by Gasteiger charge is 2.23. The first-order valence-electron chi connectivity index (χ1n) is 7.48. The first kappa shape index (κ1) is 17.8. The van der Waals surface area contributed by atoms with Crippen molar-refractivity contribution in [3.05, 3.63) is 64.5 Å². The number of rotatable bonds is 5. The molecule has 8 heteroatoms. The minimum absolute atomic E-state index is 0.00276. The molecule has 0 saturated carbocycles. The second-order valence-corrected chi connectivity index (χ2v) is 8.56. The van der Waals surface area contributed by atoms with Crippen LogP contribution in [0, 0.1) is 6.92 Å². The Labute approximate surface area is 154 Å². The van der Waals surface area contributed by atoms with Gasteiger partial charge in [0.25, 0.3) is 0 Å². The minimum Gasteiger partial charge on any atom is -0.338 e. The zero-order valence-electron chi connectivity index (χ0n) is 13.7. The summed E-state index contributed by atoms with van der Waals surface area (Å²) in [5.74, 6) is 0.644. The van der Waals surface area contributed by atoms with Gasteiger partial charge in [0, 0.05) is 17.1 Å². The van der Waals surface area contributed by atoms with Gasteiger partial charge in [-0.15, -0.1) is 0 Å². The van der Waals surface area contributed by atoms with Gasteiger partial charge in [-0.25, -0.2) is 8.42 Å². The molecular formula is C17H16BrN3O3S. The normalized spacial score (nSPS) is 11.8. The third-order valence-electron chi connectivity index (χ3n) is 3.64. The lowest BCUT2D eigenvalue weighted by Gasteiger charge is -2.15. The molecule has 1 heterocycles. The molecule has 0 fully saturated rings. The van der Waals surface area contributed by atoms with Crippen LogP contribution in [0.3, 0.4) is 0 Å². The summed E-state index contributed by atoms with van der Waals surface area (Å²) in [6.45, 7) is 1.90. The lowest BCUT2D eigenvalue weighted by atomic mass is 10.2. The van der Waals surface area contributed by atoms with Crippen LogP contribution in [0.5, 0.6) is 0 Å². The smallest absolute Gasteiger partial charge is 0.243 e. The van der Waals surface area contributed by atoms with Crippen LogP contribution in [-0.2, 0) is 16.6 Å². The lowest BCUT2D eigenvalue weighted by molar-refractivity contribution is 0.337. The number of hydrogen-bond donors (Lipinski definition) is 0. The zero-order chi connectivity index (χ0) is 18.0. The summed E-state index contributed by atoms with van der Waals surface area (Å²) in [6, 6.07) is 14.2. The van der Waals surface area contributed by atoms with E-state index in [1.54, 1.807) is 24.3 Å². The fourth-order valence-electron chi connectivity index (χ4n) is 2.23. The fraction of sp³-hybridized carbons (Fsp3) is 0.176. The lowest BCUT2D eigenvalue weighted by Crippen LogP contribution is -2.26. The maximum atomic E-state index is 12.6. The number of aromatic nitrogens is 2. The van der Waals surface area contributed by atoms with E-state index in [1.165, 1.54) is 11.4 Å². The van der Waals surface area contributed by atoms with E-state index in [0.29, 0.717) is 5.82 Å². The Morgan fingerprint density at radius 1 is 1.16 bits per heavy atom. The standard InChI is InChI=1S/C17H16BrN3O3S/c1-12-6-8-15(9-7-12)25(22,23)21(2)11-16-19-17(20-24-16)13-4-3-5-14(18)10-13/h3-10H,11H2,1-2H3. The Hall–Kier alpha value is -2.03. The Morgan fingerprint density at radius 3 is 2.56 bits per heavy atom. The molecule has 0 aliphatic rings. The van der Waals surface area contributed by atoms with Crippen LogP contribution in [0.25, 0.3) is 11.4 Å². The van der Waals surface area contributed by atoms with Crippen LogP contribution >= 0.6 is 15.9 Å². The molecule has 0 aliphatic heterocycles. The van der Waals surface area contributed by atoms with Crippen molar-refractivity contribution in [3.63, 3.8) is 0 Å². The van der Waals surface area contributed by atoms with Gasteiger partial charge in [0.1, 0.15) is 0 Å². The summed E-state index contributed by atoms with van der Waals surface area (Å²) in [5.41, 5.74) is 1.78. The second-order valence-electron chi connectivity index (χ2n) is 5.60. The van der Waals surface area contributed by atoms with Gasteiger partial charge in [0.05, 0.1) is 11.4 Å². The van der Waals surface area contributed by atoms with Crippen molar-refractivity contribution in [1.82, 2.24) is 14.4 Å². The maximum absolute atomic E-state index is 12.6. The van der Waals surface area contributed by atoms with E-state index in [2.05, 4.69) is 26.1 Å². The predicted molar refractivity (Wildman–Crippen MR) is 97.3 cm³/mol. The molecule has 25 heavy (non-hydrogen) atoms. The summed E-state index contributed by atoms with van der Waals surface area (Å²) < 4.78 is 32.5. The van der Waals surface area contributed by atoms with Gasteiger partial charge in [-0.3, -0.25) is 0 Å². The van der Waals surface area contributed by atoms with Crippen molar-refractivity contribution in [1.29, 1.82) is 0 Å². The molecule has 130 valence electrons. The Kier molecular flexibility index (Phi) is 5.03. The van der Waals surface area contributed by atoms with Crippen molar-refractivity contribution in [2.75, 3.05) is 7.05 Å². The molecule has 0 atom stereocenters. The largest absolute Gasteiger partial charge is 0.338 e.